The number of carbonyl (C=O) groups is 1. The zero-order valence-corrected chi connectivity index (χ0v) is 11.9. The number of nitrogens with one attached hydrogen (secondary N) is 1. The second-order valence-electron chi connectivity index (χ2n) is 5.43. The van der Waals surface area contributed by atoms with Crippen LogP contribution < -0.4 is 11.1 Å². The zero-order valence-electron chi connectivity index (χ0n) is 11.1. The van der Waals surface area contributed by atoms with Crippen molar-refractivity contribution in [1.29, 1.82) is 0 Å². The van der Waals surface area contributed by atoms with Gasteiger partial charge in [-0.25, -0.2) is 0 Å². The Morgan fingerprint density at radius 3 is 2.56 bits per heavy atom. The van der Waals surface area contributed by atoms with E-state index in [4.69, 9.17) is 5.73 Å². The summed E-state index contributed by atoms with van der Waals surface area (Å²) in [7, 11) is 0. The Hall–Kier alpha value is -0.260. The van der Waals surface area contributed by atoms with Crippen molar-refractivity contribution in [2.24, 2.45) is 5.73 Å². The molecule has 1 saturated carbocycles. The van der Waals surface area contributed by atoms with Gasteiger partial charge in [-0.3, -0.25) is 9.69 Å². The normalized spacial score (nSPS) is 24.7. The first-order chi connectivity index (χ1) is 8.71. The lowest BCUT2D eigenvalue weighted by Gasteiger charge is -2.32. The quantitative estimate of drug-likeness (QED) is 0.794. The summed E-state index contributed by atoms with van der Waals surface area (Å²) in [6.45, 7) is 3.99. The van der Waals surface area contributed by atoms with Crippen LogP contribution in [0, 0.1) is 0 Å². The van der Waals surface area contributed by atoms with Crippen molar-refractivity contribution in [2.45, 2.75) is 37.6 Å². The molecular weight excluding hydrogens is 246 g/mol. The molecule has 4 nitrogen and oxygen atoms in total. The maximum absolute atomic E-state index is 12.1. The van der Waals surface area contributed by atoms with Gasteiger partial charge in [0.1, 0.15) is 0 Å². The van der Waals surface area contributed by atoms with Gasteiger partial charge in [-0.1, -0.05) is 19.3 Å². The molecule has 1 heterocycles. The molecule has 0 spiro atoms. The van der Waals surface area contributed by atoms with E-state index in [9.17, 15) is 4.79 Å². The van der Waals surface area contributed by atoms with Crippen LogP contribution in [0.15, 0.2) is 0 Å². The Bertz CT molecular complexity index is 273. The molecule has 0 unspecified atom stereocenters. The summed E-state index contributed by atoms with van der Waals surface area (Å²) in [4.78, 5) is 14.5. The Morgan fingerprint density at radius 2 is 1.89 bits per heavy atom. The molecule has 1 saturated heterocycles. The van der Waals surface area contributed by atoms with Crippen molar-refractivity contribution in [1.82, 2.24) is 10.2 Å². The highest BCUT2D eigenvalue weighted by Gasteiger charge is 2.34. The molecule has 0 bridgehead atoms. The topological polar surface area (TPSA) is 58.4 Å². The molecule has 18 heavy (non-hydrogen) atoms. The van der Waals surface area contributed by atoms with Crippen LogP contribution in [-0.2, 0) is 4.79 Å². The highest BCUT2D eigenvalue weighted by molar-refractivity contribution is 7.99. The van der Waals surface area contributed by atoms with Gasteiger partial charge in [0.15, 0.2) is 0 Å². The first-order valence-electron chi connectivity index (χ1n) is 7.08. The zero-order chi connectivity index (χ0) is 12.8. The fourth-order valence-corrected chi connectivity index (χ4v) is 3.72. The van der Waals surface area contributed by atoms with Crippen LogP contribution in [0.4, 0.5) is 0 Å². The van der Waals surface area contributed by atoms with Gasteiger partial charge in [-0.15, -0.1) is 0 Å². The van der Waals surface area contributed by atoms with E-state index in [-0.39, 0.29) is 5.91 Å². The standard InChI is InChI=1S/C13H25N3OS/c14-13(4-2-1-3-5-13)12(17)15-6-7-16-8-10-18-11-9-16/h1-11,14H2,(H,15,17). The van der Waals surface area contributed by atoms with Gasteiger partial charge in [-0.05, 0) is 12.8 Å². The number of amides is 1. The van der Waals surface area contributed by atoms with E-state index >= 15 is 0 Å². The van der Waals surface area contributed by atoms with Crippen molar-refractivity contribution in [3.63, 3.8) is 0 Å². The molecule has 1 aliphatic heterocycles. The summed E-state index contributed by atoms with van der Waals surface area (Å²) >= 11 is 2.01. The predicted molar refractivity (Wildman–Crippen MR) is 76.8 cm³/mol. The highest BCUT2D eigenvalue weighted by atomic mass is 32.2. The van der Waals surface area contributed by atoms with Gasteiger partial charge in [0.25, 0.3) is 0 Å². The third-order valence-corrected chi connectivity index (χ3v) is 4.96. The minimum Gasteiger partial charge on any atom is -0.353 e. The van der Waals surface area contributed by atoms with Gasteiger partial charge in [-0.2, -0.15) is 11.8 Å². The van der Waals surface area contributed by atoms with E-state index in [1.165, 1.54) is 17.9 Å². The van der Waals surface area contributed by atoms with E-state index in [2.05, 4.69) is 10.2 Å². The van der Waals surface area contributed by atoms with Gasteiger partial charge in [0, 0.05) is 37.7 Å². The molecule has 0 atom stereocenters. The molecule has 1 aliphatic carbocycles. The van der Waals surface area contributed by atoms with Crippen LogP contribution in [0.25, 0.3) is 0 Å². The second kappa shape index (κ2) is 6.78. The van der Waals surface area contributed by atoms with E-state index < -0.39 is 5.54 Å². The van der Waals surface area contributed by atoms with Crippen LogP contribution in [0.1, 0.15) is 32.1 Å². The lowest BCUT2D eigenvalue weighted by Crippen LogP contribution is -2.56. The summed E-state index contributed by atoms with van der Waals surface area (Å²) < 4.78 is 0. The Balaban J connectivity index is 1.67. The third kappa shape index (κ3) is 3.87. The van der Waals surface area contributed by atoms with Crippen molar-refractivity contribution < 1.29 is 4.79 Å². The van der Waals surface area contributed by atoms with Crippen LogP contribution in [0.5, 0.6) is 0 Å². The molecule has 3 N–H and O–H groups in total. The Labute approximate surface area is 114 Å². The highest BCUT2D eigenvalue weighted by Crippen LogP contribution is 2.25. The second-order valence-corrected chi connectivity index (χ2v) is 6.65. The number of nitrogens with zero attached hydrogens (tertiary/aromatic N) is 1. The molecule has 2 aliphatic rings. The summed E-state index contributed by atoms with van der Waals surface area (Å²) in [5, 5.41) is 3.03. The Kier molecular flexibility index (Phi) is 5.33. The number of thioether (sulfide) groups is 1. The number of carbonyl (C=O) groups excluding carboxylic acids is 1. The summed E-state index contributed by atoms with van der Waals surface area (Å²) in [6.07, 6.45) is 5.09. The van der Waals surface area contributed by atoms with Crippen molar-refractivity contribution in [2.75, 3.05) is 37.7 Å². The molecule has 2 fully saturated rings. The lowest BCUT2D eigenvalue weighted by atomic mass is 9.82. The fourth-order valence-electron chi connectivity index (χ4n) is 2.74. The SMILES string of the molecule is NC1(C(=O)NCCN2CCSCC2)CCCCC1. The van der Waals surface area contributed by atoms with E-state index in [0.717, 1.165) is 51.9 Å². The summed E-state index contributed by atoms with van der Waals surface area (Å²) in [5.74, 6) is 2.50. The van der Waals surface area contributed by atoms with Crippen LogP contribution in [0.3, 0.4) is 0 Å². The lowest BCUT2D eigenvalue weighted by molar-refractivity contribution is -0.127. The Morgan fingerprint density at radius 1 is 1.22 bits per heavy atom. The molecule has 1 amide bonds. The van der Waals surface area contributed by atoms with Crippen LogP contribution in [0.2, 0.25) is 0 Å². The predicted octanol–water partition coefficient (Wildman–Crippen LogP) is 0.813. The molecule has 5 heteroatoms. The third-order valence-electron chi connectivity index (χ3n) is 4.02. The van der Waals surface area contributed by atoms with Gasteiger partial charge in [0.2, 0.25) is 5.91 Å². The maximum Gasteiger partial charge on any atom is 0.240 e. The number of hydrogen-bond donors (Lipinski definition) is 2. The molecule has 0 aromatic carbocycles. The maximum atomic E-state index is 12.1. The minimum absolute atomic E-state index is 0.0635. The fraction of sp³-hybridized carbons (Fsp3) is 0.923. The van der Waals surface area contributed by atoms with Crippen LogP contribution in [-0.4, -0.2) is 54.0 Å². The average Bonchev–Trinajstić information content (AvgIpc) is 2.41. The largest absolute Gasteiger partial charge is 0.353 e. The van der Waals surface area contributed by atoms with Gasteiger partial charge in [0.05, 0.1) is 5.54 Å². The van der Waals surface area contributed by atoms with Crippen molar-refractivity contribution in [3.05, 3.63) is 0 Å². The summed E-state index contributed by atoms with van der Waals surface area (Å²) in [6, 6.07) is 0. The number of hydrogen-bond acceptors (Lipinski definition) is 4. The van der Waals surface area contributed by atoms with Crippen molar-refractivity contribution in [3.8, 4) is 0 Å². The van der Waals surface area contributed by atoms with Crippen molar-refractivity contribution >= 4 is 17.7 Å². The van der Waals surface area contributed by atoms with E-state index in [1.54, 1.807) is 0 Å². The number of rotatable bonds is 4. The first kappa shape index (κ1) is 14.2. The molecule has 0 aromatic rings. The smallest absolute Gasteiger partial charge is 0.240 e. The molecule has 0 radical (unpaired) electrons. The van der Waals surface area contributed by atoms with E-state index in [0.29, 0.717) is 0 Å². The summed E-state index contributed by atoms with van der Waals surface area (Å²) in [5.41, 5.74) is 5.61. The monoisotopic (exact) mass is 271 g/mol. The van der Waals surface area contributed by atoms with Gasteiger partial charge >= 0.3 is 0 Å². The average molecular weight is 271 g/mol. The number of nitrogens with two attached hydrogens (primary N) is 1. The molecule has 104 valence electrons. The molecule has 0 aromatic heterocycles. The molecular formula is C13H25N3OS. The first-order valence-corrected chi connectivity index (χ1v) is 8.23. The minimum atomic E-state index is -0.587. The van der Waals surface area contributed by atoms with E-state index in [1.807, 2.05) is 11.8 Å². The van der Waals surface area contributed by atoms with Crippen LogP contribution >= 0.6 is 11.8 Å². The van der Waals surface area contributed by atoms with Gasteiger partial charge < -0.3 is 11.1 Å². The molecule has 2 rings (SSSR count).